The van der Waals surface area contributed by atoms with Crippen LogP contribution in [-0.2, 0) is 12.8 Å². The third-order valence-corrected chi connectivity index (χ3v) is 6.91. The van der Waals surface area contributed by atoms with Gasteiger partial charge in [-0.05, 0) is 44.1 Å². The maximum atomic E-state index is 8.93. The van der Waals surface area contributed by atoms with Gasteiger partial charge >= 0.3 is 0 Å². The Bertz CT molecular complexity index is 840. The summed E-state index contributed by atoms with van der Waals surface area (Å²) < 4.78 is 0. The second-order valence-electron chi connectivity index (χ2n) is 7.49. The standard InChI is InChI=1S/C19H23N5S/c20-7-8-23-9-11-24(12-10-23)18-16-14-3-1-2-4-15(14)25-19(16)22-17(21-18)13-5-6-13/h13H,1-6,8-12H2. The normalized spacial score (nSPS) is 21.3. The number of fused-ring (bicyclic) bond motifs is 3. The Kier molecular flexibility index (Phi) is 3.87. The van der Waals surface area contributed by atoms with Crippen molar-refractivity contribution in [3.05, 3.63) is 16.3 Å². The second-order valence-corrected chi connectivity index (χ2v) is 8.58. The summed E-state index contributed by atoms with van der Waals surface area (Å²) >= 11 is 1.91. The zero-order chi connectivity index (χ0) is 16.8. The van der Waals surface area contributed by atoms with E-state index in [2.05, 4.69) is 15.9 Å². The summed E-state index contributed by atoms with van der Waals surface area (Å²) in [5, 5.41) is 10.3. The minimum atomic E-state index is 0.536. The van der Waals surface area contributed by atoms with Crippen molar-refractivity contribution in [2.45, 2.75) is 44.4 Å². The molecular weight excluding hydrogens is 330 g/mol. The fourth-order valence-electron chi connectivity index (χ4n) is 4.12. The molecule has 0 unspecified atom stereocenters. The van der Waals surface area contributed by atoms with Gasteiger partial charge in [0, 0.05) is 37.0 Å². The fraction of sp³-hybridized carbons (Fsp3) is 0.632. The molecule has 0 aromatic carbocycles. The zero-order valence-electron chi connectivity index (χ0n) is 14.5. The number of nitrogens with zero attached hydrogens (tertiary/aromatic N) is 5. The molecular formula is C19H23N5S. The van der Waals surface area contributed by atoms with E-state index in [1.165, 1.54) is 60.1 Å². The van der Waals surface area contributed by atoms with Crippen LogP contribution in [0.15, 0.2) is 0 Å². The summed E-state index contributed by atoms with van der Waals surface area (Å²) in [6.07, 6.45) is 7.48. The number of nitriles is 1. The van der Waals surface area contributed by atoms with E-state index in [1.54, 1.807) is 4.88 Å². The molecule has 2 fully saturated rings. The molecule has 1 saturated heterocycles. The molecule has 1 saturated carbocycles. The largest absolute Gasteiger partial charge is 0.353 e. The average molecular weight is 353 g/mol. The van der Waals surface area contributed by atoms with Crippen molar-refractivity contribution in [3.63, 3.8) is 0 Å². The molecule has 25 heavy (non-hydrogen) atoms. The van der Waals surface area contributed by atoms with Crippen LogP contribution in [-0.4, -0.2) is 47.6 Å². The van der Waals surface area contributed by atoms with Gasteiger partial charge in [0.15, 0.2) is 0 Å². The van der Waals surface area contributed by atoms with Gasteiger partial charge in [0.05, 0.1) is 18.0 Å². The number of aryl methyl sites for hydroxylation is 2. The first kappa shape index (κ1) is 15.5. The minimum absolute atomic E-state index is 0.536. The third-order valence-electron chi connectivity index (χ3n) is 5.72. The SMILES string of the molecule is N#CCN1CCN(c2nc(C3CC3)nc3sc4c(c23)CCCC4)CC1. The second kappa shape index (κ2) is 6.22. The lowest BCUT2D eigenvalue weighted by Crippen LogP contribution is -2.46. The Hall–Kier alpha value is -1.71. The van der Waals surface area contributed by atoms with Crippen LogP contribution in [0.1, 0.15) is 47.9 Å². The molecule has 6 heteroatoms. The molecule has 5 nitrogen and oxygen atoms in total. The van der Waals surface area contributed by atoms with Gasteiger partial charge in [-0.2, -0.15) is 5.26 Å². The quantitative estimate of drug-likeness (QED) is 0.794. The van der Waals surface area contributed by atoms with Gasteiger partial charge in [-0.25, -0.2) is 9.97 Å². The number of hydrogen-bond acceptors (Lipinski definition) is 6. The fourth-order valence-corrected chi connectivity index (χ4v) is 5.39. The molecule has 0 bridgehead atoms. The number of thiophene rings is 1. The number of hydrogen-bond donors (Lipinski definition) is 0. The maximum absolute atomic E-state index is 8.93. The Morgan fingerprint density at radius 3 is 2.64 bits per heavy atom. The van der Waals surface area contributed by atoms with E-state index in [-0.39, 0.29) is 0 Å². The summed E-state index contributed by atoms with van der Waals surface area (Å²) in [6, 6.07) is 2.27. The summed E-state index contributed by atoms with van der Waals surface area (Å²) in [6.45, 7) is 4.35. The Balaban J connectivity index is 1.56. The van der Waals surface area contributed by atoms with Gasteiger partial charge in [0.2, 0.25) is 0 Å². The van der Waals surface area contributed by atoms with Crippen molar-refractivity contribution in [2.75, 3.05) is 37.6 Å². The number of piperazine rings is 1. The number of aromatic nitrogens is 2. The van der Waals surface area contributed by atoms with Crippen molar-refractivity contribution >= 4 is 27.4 Å². The van der Waals surface area contributed by atoms with E-state index >= 15 is 0 Å². The Morgan fingerprint density at radius 1 is 1.08 bits per heavy atom. The predicted molar refractivity (Wildman–Crippen MR) is 100 cm³/mol. The molecule has 0 atom stereocenters. The van der Waals surface area contributed by atoms with E-state index in [1.807, 2.05) is 11.3 Å². The first-order valence-corrected chi connectivity index (χ1v) is 10.3. The monoisotopic (exact) mass is 353 g/mol. The van der Waals surface area contributed by atoms with Crippen molar-refractivity contribution < 1.29 is 0 Å². The predicted octanol–water partition coefficient (Wildman–Crippen LogP) is 3.09. The van der Waals surface area contributed by atoms with Crippen molar-refractivity contribution in [3.8, 4) is 6.07 Å². The first-order chi connectivity index (χ1) is 12.3. The summed E-state index contributed by atoms with van der Waals surface area (Å²) in [5.74, 6) is 2.84. The molecule has 0 spiro atoms. The van der Waals surface area contributed by atoms with Crippen molar-refractivity contribution in [1.82, 2.24) is 14.9 Å². The Morgan fingerprint density at radius 2 is 1.88 bits per heavy atom. The molecule has 1 aliphatic heterocycles. The zero-order valence-corrected chi connectivity index (χ0v) is 15.3. The molecule has 0 amide bonds. The topological polar surface area (TPSA) is 56.1 Å². The highest BCUT2D eigenvalue weighted by Crippen LogP contribution is 2.44. The van der Waals surface area contributed by atoms with Crippen LogP contribution < -0.4 is 4.90 Å². The molecule has 3 heterocycles. The highest BCUT2D eigenvalue weighted by atomic mass is 32.1. The smallest absolute Gasteiger partial charge is 0.141 e. The van der Waals surface area contributed by atoms with Gasteiger partial charge in [0.25, 0.3) is 0 Å². The van der Waals surface area contributed by atoms with Gasteiger partial charge in [-0.15, -0.1) is 11.3 Å². The van der Waals surface area contributed by atoms with Gasteiger partial charge in [-0.1, -0.05) is 0 Å². The lowest BCUT2D eigenvalue weighted by Gasteiger charge is -2.34. The molecule has 2 aliphatic carbocycles. The highest BCUT2D eigenvalue weighted by molar-refractivity contribution is 7.19. The first-order valence-electron chi connectivity index (χ1n) is 9.50. The van der Waals surface area contributed by atoms with E-state index in [4.69, 9.17) is 15.2 Å². The van der Waals surface area contributed by atoms with Crippen molar-refractivity contribution in [1.29, 1.82) is 5.26 Å². The summed E-state index contributed by atoms with van der Waals surface area (Å²) in [5.41, 5.74) is 1.53. The van der Waals surface area contributed by atoms with E-state index < -0.39 is 0 Å². The maximum Gasteiger partial charge on any atom is 0.141 e. The molecule has 5 rings (SSSR count). The van der Waals surface area contributed by atoms with Crippen LogP contribution in [0.5, 0.6) is 0 Å². The molecule has 130 valence electrons. The minimum Gasteiger partial charge on any atom is -0.353 e. The van der Waals surface area contributed by atoms with Gasteiger partial charge in [-0.3, -0.25) is 4.90 Å². The number of rotatable bonds is 3. The molecule has 2 aromatic rings. The Labute approximate surface area is 152 Å². The van der Waals surface area contributed by atoms with Gasteiger partial charge in [0.1, 0.15) is 16.5 Å². The number of anilines is 1. The van der Waals surface area contributed by atoms with Gasteiger partial charge < -0.3 is 4.90 Å². The lowest BCUT2D eigenvalue weighted by atomic mass is 9.97. The summed E-state index contributed by atoms with van der Waals surface area (Å²) in [7, 11) is 0. The van der Waals surface area contributed by atoms with E-state index in [9.17, 15) is 0 Å². The molecule has 2 aromatic heterocycles. The van der Waals surface area contributed by atoms with Crippen molar-refractivity contribution in [2.24, 2.45) is 0 Å². The van der Waals surface area contributed by atoms with Crippen LogP contribution >= 0.6 is 11.3 Å². The van der Waals surface area contributed by atoms with Crippen LogP contribution in [0.2, 0.25) is 0 Å². The highest BCUT2D eigenvalue weighted by Gasteiger charge is 2.31. The molecule has 0 radical (unpaired) electrons. The molecule has 0 N–H and O–H groups in total. The van der Waals surface area contributed by atoms with E-state index in [0.29, 0.717) is 12.5 Å². The van der Waals surface area contributed by atoms with E-state index in [0.717, 1.165) is 32.0 Å². The summed E-state index contributed by atoms with van der Waals surface area (Å²) in [4.78, 5) is 17.5. The van der Waals surface area contributed by atoms with Crippen LogP contribution in [0.25, 0.3) is 10.2 Å². The van der Waals surface area contributed by atoms with Crippen LogP contribution in [0.3, 0.4) is 0 Å². The average Bonchev–Trinajstić information content (AvgIpc) is 3.42. The lowest BCUT2D eigenvalue weighted by molar-refractivity contribution is 0.286. The van der Waals surface area contributed by atoms with Crippen LogP contribution in [0, 0.1) is 11.3 Å². The van der Waals surface area contributed by atoms with Crippen LogP contribution in [0.4, 0.5) is 5.82 Å². The molecule has 3 aliphatic rings. The third kappa shape index (κ3) is 2.80.